The van der Waals surface area contributed by atoms with Crippen molar-refractivity contribution < 1.29 is 9.53 Å². The smallest absolute Gasteiger partial charge is 0.244 e. The van der Waals surface area contributed by atoms with Crippen molar-refractivity contribution in [2.24, 2.45) is 10.9 Å². The maximum absolute atomic E-state index is 12.8. The minimum absolute atomic E-state index is 0. The first-order valence-electron chi connectivity index (χ1n) is 11.7. The molecule has 1 atom stereocenters. The van der Waals surface area contributed by atoms with E-state index in [1.165, 1.54) is 11.1 Å². The molecule has 0 aromatic heterocycles. The number of carbonyl (C=O) groups is 1. The summed E-state index contributed by atoms with van der Waals surface area (Å²) in [5, 5.41) is 6.78. The van der Waals surface area contributed by atoms with E-state index in [0.717, 1.165) is 64.7 Å². The van der Waals surface area contributed by atoms with Crippen molar-refractivity contribution in [3.8, 4) is 0 Å². The molecule has 0 saturated carbocycles. The molecule has 2 aliphatic heterocycles. The van der Waals surface area contributed by atoms with Crippen molar-refractivity contribution in [1.29, 1.82) is 0 Å². The number of nitrogens with zero attached hydrogens (tertiary/aromatic N) is 3. The van der Waals surface area contributed by atoms with Crippen LogP contribution in [0, 0.1) is 5.92 Å². The first kappa shape index (κ1) is 26.9. The van der Waals surface area contributed by atoms with Crippen molar-refractivity contribution in [1.82, 2.24) is 20.4 Å². The number of guanidine groups is 1. The van der Waals surface area contributed by atoms with Gasteiger partial charge in [-0.3, -0.25) is 9.69 Å². The van der Waals surface area contributed by atoms with Crippen LogP contribution in [-0.2, 0) is 22.5 Å². The van der Waals surface area contributed by atoms with E-state index in [9.17, 15) is 4.79 Å². The third-order valence-corrected chi connectivity index (χ3v) is 6.01. The van der Waals surface area contributed by atoms with Gasteiger partial charge in [0.2, 0.25) is 5.91 Å². The maximum atomic E-state index is 12.8. The highest BCUT2D eigenvalue weighted by atomic mass is 127. The number of benzene rings is 1. The number of nitrogens with one attached hydrogen (secondary N) is 2. The zero-order chi connectivity index (χ0) is 22.1. The highest BCUT2D eigenvalue weighted by Gasteiger charge is 2.23. The molecule has 0 bridgehead atoms. The van der Waals surface area contributed by atoms with E-state index in [0.29, 0.717) is 18.5 Å². The van der Waals surface area contributed by atoms with Crippen LogP contribution in [0.4, 0.5) is 0 Å². The van der Waals surface area contributed by atoms with E-state index in [1.807, 2.05) is 17.9 Å². The molecular formula is C24H40IN5O2. The number of ether oxygens (including phenoxy) is 1. The van der Waals surface area contributed by atoms with Gasteiger partial charge in [-0.05, 0) is 36.8 Å². The number of amides is 1. The molecule has 7 nitrogen and oxygen atoms in total. The van der Waals surface area contributed by atoms with Crippen molar-refractivity contribution in [3.63, 3.8) is 0 Å². The van der Waals surface area contributed by atoms with Crippen LogP contribution in [0.3, 0.4) is 0 Å². The second-order valence-electron chi connectivity index (χ2n) is 8.84. The molecule has 1 aromatic carbocycles. The molecule has 0 spiro atoms. The number of hydrogen-bond donors (Lipinski definition) is 2. The minimum atomic E-state index is 0. The van der Waals surface area contributed by atoms with Gasteiger partial charge in [0.05, 0.1) is 13.2 Å². The molecule has 1 amide bonds. The Hall–Kier alpha value is -1.39. The highest BCUT2D eigenvalue weighted by molar-refractivity contribution is 14.0. The molecule has 1 fully saturated rings. The van der Waals surface area contributed by atoms with Crippen LogP contribution < -0.4 is 10.6 Å². The molecule has 32 heavy (non-hydrogen) atoms. The van der Waals surface area contributed by atoms with Gasteiger partial charge in [0.1, 0.15) is 6.54 Å². The van der Waals surface area contributed by atoms with E-state index in [2.05, 4.69) is 52.6 Å². The third-order valence-electron chi connectivity index (χ3n) is 6.01. The number of carbonyl (C=O) groups excluding carboxylic acids is 1. The average Bonchev–Trinajstić information content (AvgIpc) is 2.79. The first-order chi connectivity index (χ1) is 15.1. The Morgan fingerprint density at radius 2 is 1.84 bits per heavy atom. The van der Waals surface area contributed by atoms with Crippen LogP contribution in [0.1, 0.15) is 38.3 Å². The predicted molar refractivity (Wildman–Crippen MR) is 141 cm³/mol. The number of morpholine rings is 1. The Bertz CT molecular complexity index is 737. The molecule has 1 unspecified atom stereocenters. The molecule has 2 aliphatic rings. The fraction of sp³-hybridized carbons (Fsp3) is 0.667. The molecule has 0 radical (unpaired) electrons. The van der Waals surface area contributed by atoms with Crippen molar-refractivity contribution in [3.05, 3.63) is 35.4 Å². The Kier molecular flexibility index (Phi) is 11.7. The van der Waals surface area contributed by atoms with E-state index in [-0.39, 0.29) is 36.4 Å². The minimum Gasteiger partial charge on any atom is -0.379 e. The van der Waals surface area contributed by atoms with Crippen LogP contribution in [0.2, 0.25) is 0 Å². The Morgan fingerprint density at radius 1 is 1.12 bits per heavy atom. The van der Waals surface area contributed by atoms with Crippen molar-refractivity contribution >= 4 is 35.8 Å². The molecule has 3 rings (SSSR count). The van der Waals surface area contributed by atoms with Gasteiger partial charge < -0.3 is 20.3 Å². The van der Waals surface area contributed by atoms with Gasteiger partial charge in [0, 0.05) is 45.3 Å². The summed E-state index contributed by atoms with van der Waals surface area (Å²) in [6.07, 6.45) is 2.04. The summed E-state index contributed by atoms with van der Waals surface area (Å²) in [6.45, 7) is 13.3. The van der Waals surface area contributed by atoms with Gasteiger partial charge in [0.15, 0.2) is 5.96 Å². The molecule has 180 valence electrons. The Balaban J connectivity index is 0.00000363. The van der Waals surface area contributed by atoms with E-state index in [4.69, 9.17) is 4.74 Å². The summed E-state index contributed by atoms with van der Waals surface area (Å²) >= 11 is 0. The topological polar surface area (TPSA) is 69.2 Å². The Labute approximate surface area is 210 Å². The fourth-order valence-electron chi connectivity index (χ4n) is 4.36. The summed E-state index contributed by atoms with van der Waals surface area (Å²) in [6, 6.07) is 8.81. The number of rotatable bonds is 8. The number of hydrogen-bond acceptors (Lipinski definition) is 4. The molecule has 1 aromatic rings. The summed E-state index contributed by atoms with van der Waals surface area (Å²) < 4.78 is 5.52. The second kappa shape index (κ2) is 14.0. The summed E-state index contributed by atoms with van der Waals surface area (Å²) in [4.78, 5) is 21.8. The fourth-order valence-corrected chi connectivity index (χ4v) is 4.36. The first-order valence-corrected chi connectivity index (χ1v) is 11.7. The lowest BCUT2D eigenvalue weighted by molar-refractivity contribution is -0.130. The second-order valence-corrected chi connectivity index (χ2v) is 8.84. The van der Waals surface area contributed by atoms with Crippen LogP contribution in [0.25, 0.3) is 0 Å². The van der Waals surface area contributed by atoms with Crippen molar-refractivity contribution in [2.45, 2.75) is 46.2 Å². The number of aliphatic imine (C=N–C) groups is 1. The highest BCUT2D eigenvalue weighted by Crippen LogP contribution is 2.18. The molecule has 2 N–H and O–H groups in total. The lowest BCUT2D eigenvalue weighted by Crippen LogP contribution is -2.51. The van der Waals surface area contributed by atoms with Crippen LogP contribution >= 0.6 is 24.0 Å². The predicted octanol–water partition coefficient (Wildman–Crippen LogP) is 2.49. The largest absolute Gasteiger partial charge is 0.379 e. The van der Waals surface area contributed by atoms with Crippen molar-refractivity contribution in [2.75, 3.05) is 52.5 Å². The van der Waals surface area contributed by atoms with Crippen LogP contribution in [0.5, 0.6) is 0 Å². The molecule has 2 heterocycles. The number of fused-ring (bicyclic) bond motifs is 1. The van der Waals surface area contributed by atoms with E-state index < -0.39 is 0 Å². The lowest BCUT2D eigenvalue weighted by atomic mass is 10.00. The standard InChI is InChI=1S/C24H39N5O2.HI/c1-4-25-24(26-16-22(15-19(2)3)28-11-13-31-14-12-28)27-17-23(30)29-10-9-20-7-5-6-8-21(20)18-29;/h5-8,19,22H,4,9-18H2,1-3H3,(H2,25,26,27);1H. The van der Waals surface area contributed by atoms with Crippen LogP contribution in [0.15, 0.2) is 29.3 Å². The SMILES string of the molecule is CCNC(=NCC(=O)N1CCc2ccccc2C1)NCC(CC(C)C)N1CCOCC1.I. The third kappa shape index (κ3) is 8.19. The lowest BCUT2D eigenvalue weighted by Gasteiger charge is -2.35. The quantitative estimate of drug-likeness (QED) is 0.292. The number of halogens is 1. The molecule has 8 heteroatoms. The van der Waals surface area contributed by atoms with Gasteiger partial charge in [-0.25, -0.2) is 4.99 Å². The van der Waals surface area contributed by atoms with Gasteiger partial charge in [-0.2, -0.15) is 0 Å². The van der Waals surface area contributed by atoms with Gasteiger partial charge in [-0.15, -0.1) is 24.0 Å². The molecular weight excluding hydrogens is 517 g/mol. The van der Waals surface area contributed by atoms with Gasteiger partial charge in [0.25, 0.3) is 0 Å². The zero-order valence-corrected chi connectivity index (χ0v) is 22.1. The van der Waals surface area contributed by atoms with Gasteiger partial charge >= 0.3 is 0 Å². The van der Waals surface area contributed by atoms with E-state index >= 15 is 0 Å². The summed E-state index contributed by atoms with van der Waals surface area (Å²) in [5.74, 6) is 1.42. The van der Waals surface area contributed by atoms with Crippen LogP contribution in [-0.4, -0.2) is 80.2 Å². The average molecular weight is 558 g/mol. The van der Waals surface area contributed by atoms with Gasteiger partial charge in [-0.1, -0.05) is 38.1 Å². The summed E-state index contributed by atoms with van der Waals surface area (Å²) in [7, 11) is 0. The normalized spacial score (nSPS) is 18.0. The molecule has 0 aliphatic carbocycles. The Morgan fingerprint density at radius 3 is 2.53 bits per heavy atom. The summed E-state index contributed by atoms with van der Waals surface area (Å²) in [5.41, 5.74) is 2.60. The maximum Gasteiger partial charge on any atom is 0.244 e. The molecule has 1 saturated heterocycles. The monoisotopic (exact) mass is 557 g/mol. The zero-order valence-electron chi connectivity index (χ0n) is 19.8. The van der Waals surface area contributed by atoms with E-state index in [1.54, 1.807) is 0 Å².